The molecule has 7 heteroatoms. The molecule has 3 rings (SSSR count). The van der Waals surface area contributed by atoms with Crippen molar-refractivity contribution < 1.29 is 24.7 Å². The fourth-order valence-corrected chi connectivity index (χ4v) is 4.07. The summed E-state index contributed by atoms with van der Waals surface area (Å²) >= 11 is 0. The predicted molar refractivity (Wildman–Crippen MR) is 111 cm³/mol. The molecule has 0 unspecified atom stereocenters. The third kappa shape index (κ3) is 4.41. The van der Waals surface area contributed by atoms with Gasteiger partial charge in [0.05, 0.1) is 0 Å². The second-order valence-electron chi connectivity index (χ2n) is 7.35. The van der Waals surface area contributed by atoms with Crippen LogP contribution in [0.15, 0.2) is 60.7 Å². The van der Waals surface area contributed by atoms with Crippen LogP contribution in [0.25, 0.3) is 6.08 Å². The number of hydrogen-bond acceptors (Lipinski definition) is 4. The monoisotopic (exact) mass is 408 g/mol. The fourth-order valence-electron chi connectivity index (χ4n) is 4.07. The summed E-state index contributed by atoms with van der Waals surface area (Å²) < 4.78 is 0. The summed E-state index contributed by atoms with van der Waals surface area (Å²) in [7, 11) is 0. The van der Waals surface area contributed by atoms with Crippen LogP contribution in [-0.4, -0.2) is 28.1 Å². The number of carbonyl (C=O) groups is 3. The summed E-state index contributed by atoms with van der Waals surface area (Å²) in [6, 6.07) is 15.3. The van der Waals surface area contributed by atoms with Crippen LogP contribution in [0.2, 0.25) is 0 Å². The molecule has 2 aromatic carbocycles. The standard InChI is InChI=1S/C23H24N2O5/c26-20(25-30)14-13-16-7-6-8-17(15-16)21(27)24-23(22(28)29,19-11-4-5-12-19)18-9-2-1-3-10-18/h1-3,6-10,13-15,19,30H,4-5,11-12H2,(H,24,27)(H,25,26)(H,28,29)/b14-13+/t23-/m1/s1. The highest BCUT2D eigenvalue weighted by molar-refractivity contribution is 5.99. The van der Waals surface area contributed by atoms with Crippen molar-refractivity contribution in [3.05, 3.63) is 77.4 Å². The molecule has 0 bridgehead atoms. The third-order valence-corrected chi connectivity index (χ3v) is 5.53. The van der Waals surface area contributed by atoms with Crippen LogP contribution in [0.4, 0.5) is 0 Å². The fraction of sp³-hybridized carbons (Fsp3) is 0.261. The molecule has 7 nitrogen and oxygen atoms in total. The minimum absolute atomic E-state index is 0.210. The van der Waals surface area contributed by atoms with Crippen molar-refractivity contribution in [3.63, 3.8) is 0 Å². The number of carboxylic acid groups (broad SMARTS) is 1. The third-order valence-electron chi connectivity index (χ3n) is 5.53. The Bertz CT molecular complexity index is 951. The van der Waals surface area contributed by atoms with E-state index in [2.05, 4.69) is 5.32 Å². The number of carbonyl (C=O) groups excluding carboxylic acids is 2. The number of aliphatic carboxylic acids is 1. The Labute approximate surface area is 174 Å². The maximum absolute atomic E-state index is 13.1. The summed E-state index contributed by atoms with van der Waals surface area (Å²) in [5.74, 6) is -2.49. The Kier molecular flexibility index (Phi) is 6.64. The van der Waals surface area contributed by atoms with Gasteiger partial charge in [-0.3, -0.25) is 14.8 Å². The van der Waals surface area contributed by atoms with E-state index in [1.54, 1.807) is 48.5 Å². The van der Waals surface area contributed by atoms with Gasteiger partial charge in [-0.2, -0.15) is 0 Å². The summed E-state index contributed by atoms with van der Waals surface area (Å²) in [6.07, 6.45) is 5.87. The molecule has 0 saturated heterocycles. The molecule has 1 aliphatic carbocycles. The molecule has 30 heavy (non-hydrogen) atoms. The average Bonchev–Trinajstić information content (AvgIpc) is 3.31. The number of hydrogen-bond donors (Lipinski definition) is 4. The quantitative estimate of drug-likeness (QED) is 0.319. The Balaban J connectivity index is 1.95. The first-order valence-electron chi connectivity index (χ1n) is 9.81. The molecule has 2 amide bonds. The lowest BCUT2D eigenvalue weighted by molar-refractivity contribution is -0.147. The number of amides is 2. The largest absolute Gasteiger partial charge is 0.479 e. The Morgan fingerprint density at radius 2 is 1.70 bits per heavy atom. The zero-order valence-electron chi connectivity index (χ0n) is 16.4. The molecule has 1 atom stereocenters. The van der Waals surface area contributed by atoms with E-state index in [0.29, 0.717) is 11.1 Å². The summed E-state index contributed by atoms with van der Waals surface area (Å²) in [4.78, 5) is 36.9. The van der Waals surface area contributed by atoms with E-state index >= 15 is 0 Å². The average molecular weight is 408 g/mol. The van der Waals surface area contributed by atoms with Gasteiger partial charge in [-0.15, -0.1) is 0 Å². The van der Waals surface area contributed by atoms with Crippen molar-refractivity contribution >= 4 is 23.9 Å². The normalized spacial score (nSPS) is 16.2. The van der Waals surface area contributed by atoms with Gasteiger partial charge in [-0.05, 0) is 48.1 Å². The van der Waals surface area contributed by atoms with Crippen LogP contribution in [0, 0.1) is 5.92 Å². The number of benzene rings is 2. The zero-order chi connectivity index (χ0) is 21.6. The number of rotatable bonds is 7. The SMILES string of the molecule is O=C(/C=C/c1cccc(C(=O)N[C@](C(=O)O)(c2ccccc2)C2CCCC2)c1)NO. The van der Waals surface area contributed by atoms with Crippen molar-refractivity contribution in [1.29, 1.82) is 0 Å². The minimum atomic E-state index is -1.52. The van der Waals surface area contributed by atoms with Crippen LogP contribution >= 0.6 is 0 Å². The van der Waals surface area contributed by atoms with Gasteiger partial charge in [-0.25, -0.2) is 10.3 Å². The van der Waals surface area contributed by atoms with Crippen molar-refractivity contribution in [2.45, 2.75) is 31.2 Å². The van der Waals surface area contributed by atoms with Gasteiger partial charge >= 0.3 is 5.97 Å². The van der Waals surface area contributed by atoms with E-state index in [0.717, 1.165) is 31.8 Å². The molecule has 2 aromatic rings. The molecular weight excluding hydrogens is 384 g/mol. The predicted octanol–water partition coefficient (Wildman–Crippen LogP) is 3.11. The van der Waals surface area contributed by atoms with Gasteiger partial charge < -0.3 is 10.4 Å². The summed E-state index contributed by atoms with van der Waals surface area (Å²) in [5.41, 5.74) is 1.37. The first-order valence-corrected chi connectivity index (χ1v) is 9.81. The van der Waals surface area contributed by atoms with Crippen molar-refractivity contribution in [1.82, 2.24) is 10.8 Å². The molecule has 1 saturated carbocycles. The molecule has 1 aliphatic rings. The van der Waals surface area contributed by atoms with Gasteiger partial charge in [-0.1, -0.05) is 55.3 Å². The van der Waals surface area contributed by atoms with Crippen LogP contribution in [0.5, 0.6) is 0 Å². The molecule has 0 spiro atoms. The van der Waals surface area contributed by atoms with E-state index in [1.807, 2.05) is 6.07 Å². The van der Waals surface area contributed by atoms with Crippen LogP contribution in [0.1, 0.15) is 47.2 Å². The van der Waals surface area contributed by atoms with E-state index in [-0.39, 0.29) is 11.5 Å². The Morgan fingerprint density at radius 3 is 2.33 bits per heavy atom. The highest BCUT2D eigenvalue weighted by Gasteiger charge is 2.49. The summed E-state index contributed by atoms with van der Waals surface area (Å²) in [5, 5.41) is 21.7. The number of hydroxylamine groups is 1. The molecule has 0 heterocycles. The Hall–Kier alpha value is -3.45. The first kappa shape index (κ1) is 21.3. The van der Waals surface area contributed by atoms with E-state index in [4.69, 9.17) is 5.21 Å². The van der Waals surface area contributed by atoms with Crippen LogP contribution < -0.4 is 10.8 Å². The molecular formula is C23H24N2O5. The van der Waals surface area contributed by atoms with Crippen molar-refractivity contribution in [2.24, 2.45) is 5.92 Å². The smallest absolute Gasteiger partial charge is 0.334 e. The van der Waals surface area contributed by atoms with Crippen molar-refractivity contribution in [2.75, 3.05) is 0 Å². The van der Waals surface area contributed by atoms with Gasteiger partial charge in [0, 0.05) is 11.6 Å². The van der Waals surface area contributed by atoms with Crippen LogP contribution in [0.3, 0.4) is 0 Å². The topological polar surface area (TPSA) is 116 Å². The summed E-state index contributed by atoms with van der Waals surface area (Å²) in [6.45, 7) is 0. The zero-order valence-corrected chi connectivity index (χ0v) is 16.4. The van der Waals surface area contributed by atoms with Gasteiger partial charge in [0.15, 0.2) is 5.54 Å². The first-order chi connectivity index (χ1) is 14.5. The minimum Gasteiger partial charge on any atom is -0.479 e. The molecule has 156 valence electrons. The lowest BCUT2D eigenvalue weighted by Crippen LogP contribution is -2.56. The second-order valence-corrected chi connectivity index (χ2v) is 7.35. The van der Waals surface area contributed by atoms with Crippen molar-refractivity contribution in [3.8, 4) is 0 Å². The number of carboxylic acids is 1. The molecule has 0 radical (unpaired) electrons. The Morgan fingerprint density at radius 1 is 1.00 bits per heavy atom. The molecule has 0 aliphatic heterocycles. The lowest BCUT2D eigenvalue weighted by Gasteiger charge is -2.36. The van der Waals surface area contributed by atoms with Gasteiger partial charge in [0.1, 0.15) is 0 Å². The highest BCUT2D eigenvalue weighted by atomic mass is 16.5. The molecule has 1 fully saturated rings. The van der Waals surface area contributed by atoms with Gasteiger partial charge in [0.2, 0.25) is 0 Å². The lowest BCUT2D eigenvalue weighted by atomic mass is 9.76. The molecule has 0 aromatic heterocycles. The van der Waals surface area contributed by atoms with E-state index < -0.39 is 23.3 Å². The molecule has 4 N–H and O–H groups in total. The second kappa shape index (κ2) is 9.37. The maximum Gasteiger partial charge on any atom is 0.334 e. The van der Waals surface area contributed by atoms with Gasteiger partial charge in [0.25, 0.3) is 11.8 Å². The highest BCUT2D eigenvalue weighted by Crippen LogP contribution is 2.41. The van der Waals surface area contributed by atoms with E-state index in [1.165, 1.54) is 11.6 Å². The van der Waals surface area contributed by atoms with E-state index in [9.17, 15) is 19.5 Å². The van der Waals surface area contributed by atoms with Crippen LogP contribution in [-0.2, 0) is 15.1 Å². The number of nitrogens with one attached hydrogen (secondary N) is 2. The maximum atomic E-state index is 13.1.